The molecule has 9 rings (SSSR count). The van der Waals surface area contributed by atoms with Crippen LogP contribution in [0, 0.1) is 0 Å². The Labute approximate surface area is 294 Å². The fourth-order valence-corrected chi connectivity index (χ4v) is 6.08. The normalized spacial score (nSPS) is 11.1. The number of aromatic nitrogens is 6. The number of fused-ring (bicyclic) bond motifs is 1. The molecule has 0 bridgehead atoms. The minimum Gasteiger partial charge on any atom is -0.434 e. The zero-order chi connectivity index (χ0) is 34.0. The topological polar surface area (TPSA) is 90.5 Å². The zero-order valence-electron chi connectivity index (χ0n) is 27.3. The molecule has 0 spiro atoms. The predicted molar refractivity (Wildman–Crippen MR) is 201 cm³/mol. The molecule has 0 aliphatic carbocycles. The van der Waals surface area contributed by atoms with Crippen molar-refractivity contribution >= 4 is 11.2 Å². The SMILES string of the molecule is c1ccc(-c2cc(-c3cc(-c4cc(-c5ccccc5)nc(-c5ccccc5)n4)cc(-c4nc5ncccc5o4)c3)nc(-c3ccccc3)n2)cc1. The number of nitrogens with zero attached hydrogens (tertiary/aromatic N) is 6. The molecule has 0 N–H and O–H groups in total. The van der Waals surface area contributed by atoms with E-state index < -0.39 is 0 Å². The Morgan fingerprint density at radius 1 is 0.333 bits per heavy atom. The van der Waals surface area contributed by atoms with Crippen LogP contribution in [0.3, 0.4) is 0 Å². The van der Waals surface area contributed by atoms with E-state index in [0.717, 1.165) is 61.7 Å². The fraction of sp³-hybridized carbons (Fsp3) is 0. The summed E-state index contributed by atoms with van der Waals surface area (Å²) in [5.41, 5.74) is 10.6. The van der Waals surface area contributed by atoms with Crippen LogP contribution in [-0.4, -0.2) is 29.9 Å². The maximum Gasteiger partial charge on any atom is 0.228 e. The number of rotatable bonds is 7. The Morgan fingerprint density at radius 3 is 1.20 bits per heavy atom. The summed E-state index contributed by atoms with van der Waals surface area (Å²) in [6, 6.07) is 54.4. The molecule has 0 aliphatic rings. The van der Waals surface area contributed by atoms with Crippen molar-refractivity contribution in [2.75, 3.05) is 0 Å². The molecule has 7 nitrogen and oxygen atoms in total. The number of oxazole rings is 1. The average Bonchev–Trinajstić information content (AvgIpc) is 3.66. The largest absolute Gasteiger partial charge is 0.434 e. The smallest absolute Gasteiger partial charge is 0.228 e. The third kappa shape index (κ3) is 6.16. The van der Waals surface area contributed by atoms with Crippen molar-refractivity contribution in [3.05, 3.63) is 170 Å². The van der Waals surface area contributed by atoms with Crippen molar-refractivity contribution in [1.29, 1.82) is 0 Å². The fourth-order valence-electron chi connectivity index (χ4n) is 6.08. The van der Waals surface area contributed by atoms with Gasteiger partial charge in [0.05, 0.1) is 22.8 Å². The van der Waals surface area contributed by atoms with Crippen LogP contribution >= 0.6 is 0 Å². The summed E-state index contributed by atoms with van der Waals surface area (Å²) in [6.07, 6.45) is 1.71. The van der Waals surface area contributed by atoms with Gasteiger partial charge in [-0.3, -0.25) is 0 Å². The lowest BCUT2D eigenvalue weighted by molar-refractivity contribution is 0.619. The lowest BCUT2D eigenvalue weighted by Crippen LogP contribution is -1.98. The van der Waals surface area contributed by atoms with Crippen molar-refractivity contribution in [2.24, 2.45) is 0 Å². The number of benzene rings is 5. The number of pyridine rings is 1. The Balaban J connectivity index is 1.29. The molecule has 0 saturated carbocycles. The first-order valence-electron chi connectivity index (χ1n) is 16.6. The van der Waals surface area contributed by atoms with E-state index in [1.807, 2.05) is 121 Å². The van der Waals surface area contributed by atoms with Crippen LogP contribution < -0.4 is 0 Å². The molecule has 240 valence electrons. The summed E-state index contributed by atoms with van der Waals surface area (Å²) in [4.78, 5) is 29.5. The van der Waals surface area contributed by atoms with Crippen molar-refractivity contribution in [2.45, 2.75) is 0 Å². The lowest BCUT2D eigenvalue weighted by Gasteiger charge is -2.13. The molecule has 5 aromatic carbocycles. The highest BCUT2D eigenvalue weighted by Crippen LogP contribution is 2.36. The van der Waals surface area contributed by atoms with E-state index in [1.165, 1.54) is 0 Å². The van der Waals surface area contributed by atoms with Gasteiger partial charge in [0.15, 0.2) is 22.9 Å². The van der Waals surface area contributed by atoms with E-state index in [9.17, 15) is 0 Å². The highest BCUT2D eigenvalue weighted by Gasteiger charge is 2.18. The standard InChI is InChI=1S/C44H28N6O/c1-5-14-29(15-6-1)36-27-38(48-41(46-36)31-18-9-3-10-19-31)33-24-34(26-35(25-33)44-50-43-40(51-44)22-13-23-45-43)39-28-37(30-16-7-2-8-17-30)47-42(49-39)32-20-11-4-12-21-32/h1-28H. The van der Waals surface area contributed by atoms with Crippen molar-refractivity contribution in [1.82, 2.24) is 29.9 Å². The summed E-state index contributed by atoms with van der Waals surface area (Å²) in [5.74, 6) is 1.71. The van der Waals surface area contributed by atoms with E-state index in [1.54, 1.807) is 6.20 Å². The first-order chi connectivity index (χ1) is 25.2. The van der Waals surface area contributed by atoms with Gasteiger partial charge in [-0.2, -0.15) is 4.98 Å². The Morgan fingerprint density at radius 2 is 0.745 bits per heavy atom. The van der Waals surface area contributed by atoms with Crippen LogP contribution in [0.15, 0.2) is 174 Å². The van der Waals surface area contributed by atoms with E-state index in [4.69, 9.17) is 29.3 Å². The molecule has 0 radical (unpaired) electrons. The predicted octanol–water partition coefficient (Wildman–Crippen LogP) is 10.5. The lowest BCUT2D eigenvalue weighted by atomic mass is 9.98. The molecular weight excluding hydrogens is 629 g/mol. The highest BCUT2D eigenvalue weighted by atomic mass is 16.3. The van der Waals surface area contributed by atoms with Gasteiger partial charge in [-0.15, -0.1) is 0 Å². The van der Waals surface area contributed by atoms with Crippen LogP contribution in [0.5, 0.6) is 0 Å². The molecule has 0 aliphatic heterocycles. The minimum absolute atomic E-state index is 0.452. The molecule has 4 heterocycles. The first-order valence-corrected chi connectivity index (χ1v) is 16.6. The Kier molecular flexibility index (Phi) is 7.68. The van der Waals surface area contributed by atoms with Crippen LogP contribution in [0.1, 0.15) is 0 Å². The Bertz CT molecular complexity index is 2330. The van der Waals surface area contributed by atoms with Gasteiger partial charge >= 0.3 is 0 Å². The third-order valence-corrected chi connectivity index (χ3v) is 8.59. The van der Waals surface area contributed by atoms with Gasteiger partial charge < -0.3 is 4.42 Å². The van der Waals surface area contributed by atoms with Crippen LogP contribution in [0.25, 0.3) is 90.5 Å². The zero-order valence-corrected chi connectivity index (χ0v) is 27.3. The van der Waals surface area contributed by atoms with Crippen LogP contribution in [0.4, 0.5) is 0 Å². The van der Waals surface area contributed by atoms with Crippen molar-refractivity contribution in [3.8, 4) is 79.3 Å². The van der Waals surface area contributed by atoms with Gasteiger partial charge in [0, 0.05) is 45.1 Å². The van der Waals surface area contributed by atoms with E-state index in [2.05, 4.69) is 47.4 Å². The molecule has 0 unspecified atom stereocenters. The molecule has 4 aromatic heterocycles. The molecule has 9 aromatic rings. The second-order valence-electron chi connectivity index (χ2n) is 12.0. The molecule has 0 atom stereocenters. The maximum absolute atomic E-state index is 6.27. The number of hydrogen-bond acceptors (Lipinski definition) is 7. The molecule has 0 amide bonds. The maximum atomic E-state index is 6.27. The van der Waals surface area contributed by atoms with E-state index >= 15 is 0 Å². The summed E-state index contributed by atoms with van der Waals surface area (Å²) < 4.78 is 6.27. The Hall–Kier alpha value is -7.12. The third-order valence-electron chi connectivity index (χ3n) is 8.59. The van der Waals surface area contributed by atoms with Gasteiger partial charge in [0.25, 0.3) is 0 Å². The average molecular weight is 657 g/mol. The quantitative estimate of drug-likeness (QED) is 0.169. The molecule has 0 fully saturated rings. The minimum atomic E-state index is 0.452. The summed E-state index contributed by atoms with van der Waals surface area (Å²) in [5, 5.41) is 0. The summed E-state index contributed by atoms with van der Waals surface area (Å²) >= 11 is 0. The second kappa shape index (κ2) is 13.1. The second-order valence-corrected chi connectivity index (χ2v) is 12.0. The molecule has 7 heteroatoms. The van der Waals surface area contributed by atoms with Crippen LogP contribution in [-0.2, 0) is 0 Å². The molecule has 0 saturated heterocycles. The van der Waals surface area contributed by atoms with Gasteiger partial charge in [-0.25, -0.2) is 24.9 Å². The monoisotopic (exact) mass is 656 g/mol. The van der Waals surface area contributed by atoms with Crippen molar-refractivity contribution in [3.63, 3.8) is 0 Å². The molecular formula is C44H28N6O. The summed E-state index contributed by atoms with van der Waals surface area (Å²) in [6.45, 7) is 0. The highest BCUT2D eigenvalue weighted by molar-refractivity contribution is 5.82. The first kappa shape index (κ1) is 30.0. The van der Waals surface area contributed by atoms with E-state index in [0.29, 0.717) is 28.8 Å². The van der Waals surface area contributed by atoms with Crippen LogP contribution in [0.2, 0.25) is 0 Å². The molecule has 51 heavy (non-hydrogen) atoms. The van der Waals surface area contributed by atoms with Gasteiger partial charge in [-0.1, -0.05) is 121 Å². The van der Waals surface area contributed by atoms with Gasteiger partial charge in [-0.05, 0) is 42.5 Å². The number of hydrogen-bond donors (Lipinski definition) is 0. The van der Waals surface area contributed by atoms with Gasteiger partial charge in [0.2, 0.25) is 5.89 Å². The summed E-state index contributed by atoms with van der Waals surface area (Å²) in [7, 11) is 0. The van der Waals surface area contributed by atoms with Crippen molar-refractivity contribution < 1.29 is 4.42 Å². The van der Waals surface area contributed by atoms with Gasteiger partial charge in [0.1, 0.15) is 0 Å². The van der Waals surface area contributed by atoms with E-state index in [-0.39, 0.29) is 0 Å².